The minimum absolute atomic E-state index is 0.0525. The number of rotatable bonds is 4. The molecule has 23 heavy (non-hydrogen) atoms. The summed E-state index contributed by atoms with van der Waals surface area (Å²) in [5.41, 5.74) is 1.27. The second kappa shape index (κ2) is 5.54. The van der Waals surface area contributed by atoms with Crippen LogP contribution in [0.4, 0.5) is 0 Å². The zero-order valence-electron chi connectivity index (χ0n) is 12.5. The van der Waals surface area contributed by atoms with E-state index in [4.69, 9.17) is 0 Å². The fraction of sp³-hybridized carbons (Fsp3) is 0.263. The van der Waals surface area contributed by atoms with Gasteiger partial charge in [-0.3, -0.25) is 19.6 Å². The maximum Gasteiger partial charge on any atom is 0.167 e. The van der Waals surface area contributed by atoms with Crippen LogP contribution in [0.15, 0.2) is 61.2 Å². The van der Waals surface area contributed by atoms with Gasteiger partial charge in [0.2, 0.25) is 0 Å². The molecule has 2 aromatic heterocycles. The maximum atomic E-state index is 13.0. The number of carbonyl (C=O) groups is 2. The maximum absolute atomic E-state index is 13.0. The Hall–Kier alpha value is -2.62. The van der Waals surface area contributed by atoms with E-state index in [1.807, 2.05) is 0 Å². The largest absolute Gasteiger partial charge is 0.294 e. The monoisotopic (exact) mass is 304 g/mol. The molecule has 0 spiro atoms. The third-order valence-electron chi connectivity index (χ3n) is 4.99. The Bertz CT molecular complexity index is 705. The standard InChI is InChI=1S/C19H16N2O2/c22-18(12-3-7-20-8-4-12)16-14-1-2-15(11-14)17(16)19(23)13-5-9-21-10-6-13/h1-10,14-17H,11H2/t14-,15-,16-,17+/m0/s1. The molecular formula is C19H16N2O2. The summed E-state index contributed by atoms with van der Waals surface area (Å²) in [6, 6.07) is 6.91. The van der Waals surface area contributed by atoms with Crippen molar-refractivity contribution in [2.45, 2.75) is 6.42 Å². The molecule has 0 aromatic carbocycles. The molecule has 114 valence electrons. The third-order valence-corrected chi connectivity index (χ3v) is 4.99. The van der Waals surface area contributed by atoms with Crippen molar-refractivity contribution in [2.75, 3.05) is 0 Å². The van der Waals surface area contributed by atoms with Gasteiger partial charge in [-0.05, 0) is 42.5 Å². The molecule has 2 aromatic rings. The summed E-state index contributed by atoms with van der Waals surface area (Å²) >= 11 is 0. The average molecular weight is 304 g/mol. The lowest BCUT2D eigenvalue weighted by Gasteiger charge is -2.26. The van der Waals surface area contributed by atoms with Crippen molar-refractivity contribution in [1.29, 1.82) is 0 Å². The summed E-state index contributed by atoms with van der Waals surface area (Å²) in [4.78, 5) is 33.8. The number of hydrogen-bond acceptors (Lipinski definition) is 4. The van der Waals surface area contributed by atoms with E-state index in [1.165, 1.54) is 0 Å². The fourth-order valence-corrected chi connectivity index (χ4v) is 3.95. The summed E-state index contributed by atoms with van der Waals surface area (Å²) in [6.07, 6.45) is 11.6. The Morgan fingerprint density at radius 3 is 1.52 bits per heavy atom. The highest BCUT2D eigenvalue weighted by Gasteiger charge is 2.51. The van der Waals surface area contributed by atoms with Crippen LogP contribution in [0.3, 0.4) is 0 Å². The fourth-order valence-electron chi connectivity index (χ4n) is 3.95. The predicted octanol–water partition coefficient (Wildman–Crippen LogP) is 2.98. The molecule has 2 bridgehead atoms. The minimum atomic E-state index is -0.270. The van der Waals surface area contributed by atoms with Crippen molar-refractivity contribution in [3.63, 3.8) is 0 Å². The van der Waals surface area contributed by atoms with E-state index in [1.54, 1.807) is 49.1 Å². The molecule has 4 nitrogen and oxygen atoms in total. The van der Waals surface area contributed by atoms with E-state index < -0.39 is 0 Å². The number of nitrogens with zero attached hydrogens (tertiary/aromatic N) is 2. The van der Waals surface area contributed by atoms with Gasteiger partial charge < -0.3 is 0 Å². The number of fused-ring (bicyclic) bond motifs is 2. The normalized spacial score (nSPS) is 28.0. The van der Waals surface area contributed by atoms with E-state index in [9.17, 15) is 9.59 Å². The van der Waals surface area contributed by atoms with Gasteiger partial charge in [-0.2, -0.15) is 0 Å². The smallest absolute Gasteiger partial charge is 0.167 e. The average Bonchev–Trinajstić information content (AvgIpc) is 3.23. The molecule has 0 aliphatic heterocycles. The van der Waals surface area contributed by atoms with Crippen LogP contribution in [0, 0.1) is 23.7 Å². The molecule has 0 N–H and O–H groups in total. The topological polar surface area (TPSA) is 59.9 Å². The first-order valence-electron chi connectivity index (χ1n) is 7.82. The van der Waals surface area contributed by atoms with Gasteiger partial charge in [0.15, 0.2) is 11.6 Å². The molecule has 4 heteroatoms. The number of ketones is 2. The van der Waals surface area contributed by atoms with E-state index in [-0.39, 0.29) is 35.2 Å². The Balaban J connectivity index is 1.69. The SMILES string of the molecule is O=C(c1ccncc1)[C@@H]1[C@H](C(=O)c2ccncc2)[C@H]2C=C[C@H]1C2. The molecule has 0 unspecified atom stereocenters. The van der Waals surface area contributed by atoms with Gasteiger partial charge in [0, 0.05) is 47.8 Å². The summed E-state index contributed by atoms with van der Waals surface area (Å²) in [7, 11) is 0. The summed E-state index contributed by atoms with van der Waals surface area (Å²) in [6.45, 7) is 0. The molecule has 1 saturated carbocycles. The second-order valence-electron chi connectivity index (χ2n) is 6.20. The molecule has 0 radical (unpaired) electrons. The van der Waals surface area contributed by atoms with Crippen LogP contribution in [-0.2, 0) is 0 Å². The first kappa shape index (κ1) is 14.0. The van der Waals surface area contributed by atoms with Gasteiger partial charge in [0.05, 0.1) is 0 Å². The zero-order valence-corrected chi connectivity index (χ0v) is 12.5. The van der Waals surface area contributed by atoms with Crippen molar-refractivity contribution in [2.24, 2.45) is 23.7 Å². The highest BCUT2D eigenvalue weighted by atomic mass is 16.1. The number of pyridine rings is 2. The van der Waals surface area contributed by atoms with Crippen LogP contribution in [0.25, 0.3) is 0 Å². The van der Waals surface area contributed by atoms with Crippen molar-refractivity contribution < 1.29 is 9.59 Å². The molecule has 2 aliphatic carbocycles. The van der Waals surface area contributed by atoms with Crippen LogP contribution in [-0.4, -0.2) is 21.5 Å². The van der Waals surface area contributed by atoms with E-state index in [0.717, 1.165) is 6.42 Å². The Kier molecular flexibility index (Phi) is 3.37. The number of hydrogen-bond donors (Lipinski definition) is 0. The van der Waals surface area contributed by atoms with Crippen molar-refractivity contribution in [3.05, 3.63) is 72.3 Å². The van der Waals surface area contributed by atoms with Gasteiger partial charge in [-0.1, -0.05) is 12.2 Å². The lowest BCUT2D eigenvalue weighted by atomic mass is 9.75. The first-order valence-corrected chi connectivity index (χ1v) is 7.82. The number of Topliss-reactive ketones (excluding diaryl/α,β-unsaturated/α-hetero) is 2. The van der Waals surface area contributed by atoms with Gasteiger partial charge in [0.1, 0.15) is 0 Å². The van der Waals surface area contributed by atoms with Crippen molar-refractivity contribution >= 4 is 11.6 Å². The van der Waals surface area contributed by atoms with Gasteiger partial charge in [0.25, 0.3) is 0 Å². The summed E-state index contributed by atoms with van der Waals surface area (Å²) in [5.74, 6) is -0.109. The quantitative estimate of drug-likeness (QED) is 0.643. The molecular weight excluding hydrogens is 288 g/mol. The molecule has 2 aliphatic rings. The summed E-state index contributed by atoms with van der Waals surface area (Å²) in [5, 5.41) is 0. The zero-order chi connectivity index (χ0) is 15.8. The van der Waals surface area contributed by atoms with Crippen LogP contribution in [0.2, 0.25) is 0 Å². The number of aromatic nitrogens is 2. The highest BCUT2D eigenvalue weighted by molar-refractivity contribution is 6.06. The first-order chi connectivity index (χ1) is 11.3. The molecule has 4 atom stereocenters. The van der Waals surface area contributed by atoms with E-state index >= 15 is 0 Å². The lowest BCUT2D eigenvalue weighted by molar-refractivity contribution is 0.0752. The third kappa shape index (κ3) is 2.31. The van der Waals surface area contributed by atoms with Crippen molar-refractivity contribution in [3.8, 4) is 0 Å². The van der Waals surface area contributed by atoms with Crippen LogP contribution in [0.1, 0.15) is 27.1 Å². The highest BCUT2D eigenvalue weighted by Crippen LogP contribution is 2.50. The van der Waals surface area contributed by atoms with E-state index in [0.29, 0.717) is 11.1 Å². The Morgan fingerprint density at radius 1 is 0.739 bits per heavy atom. The van der Waals surface area contributed by atoms with Crippen LogP contribution < -0.4 is 0 Å². The Morgan fingerprint density at radius 2 is 1.13 bits per heavy atom. The van der Waals surface area contributed by atoms with Gasteiger partial charge >= 0.3 is 0 Å². The number of allylic oxidation sites excluding steroid dienone is 2. The Labute approximate surface area is 134 Å². The van der Waals surface area contributed by atoms with E-state index in [2.05, 4.69) is 22.1 Å². The summed E-state index contributed by atoms with van der Waals surface area (Å²) < 4.78 is 0. The molecule has 1 fully saturated rings. The second-order valence-corrected chi connectivity index (χ2v) is 6.20. The van der Waals surface area contributed by atoms with Gasteiger partial charge in [-0.25, -0.2) is 0 Å². The molecule has 2 heterocycles. The minimum Gasteiger partial charge on any atom is -0.294 e. The van der Waals surface area contributed by atoms with Gasteiger partial charge in [-0.15, -0.1) is 0 Å². The molecule has 0 amide bonds. The van der Waals surface area contributed by atoms with Crippen LogP contribution in [0.5, 0.6) is 0 Å². The molecule has 0 saturated heterocycles. The van der Waals surface area contributed by atoms with Crippen molar-refractivity contribution in [1.82, 2.24) is 9.97 Å². The van der Waals surface area contributed by atoms with Crippen LogP contribution >= 0.6 is 0 Å². The number of carbonyl (C=O) groups excluding carboxylic acids is 2. The molecule has 4 rings (SSSR count). The lowest BCUT2D eigenvalue weighted by Crippen LogP contribution is -2.33. The predicted molar refractivity (Wildman–Crippen MR) is 84.9 cm³/mol.